The Bertz CT molecular complexity index is 427. The second-order valence-electron chi connectivity index (χ2n) is 4.73. The fraction of sp³-hybridized carbons (Fsp3) is 0.500. The minimum Gasteiger partial charge on any atom is -0.316 e. The maximum atomic E-state index is 12.9. The predicted octanol–water partition coefficient (Wildman–Crippen LogP) is 2.57. The Kier molecular flexibility index (Phi) is 1.90. The quantitative estimate of drug-likeness (QED) is 0.777. The largest absolute Gasteiger partial charge is 0.416 e. The number of hydrogen-bond donors (Lipinski definition) is 1. The van der Waals surface area contributed by atoms with Gasteiger partial charge in [0.25, 0.3) is 0 Å². The summed E-state index contributed by atoms with van der Waals surface area (Å²) in [5.74, 6) is 0.399. The van der Waals surface area contributed by atoms with Crippen molar-refractivity contribution in [3.63, 3.8) is 0 Å². The van der Waals surface area contributed by atoms with Gasteiger partial charge < -0.3 is 5.32 Å². The van der Waals surface area contributed by atoms with Crippen LogP contribution >= 0.6 is 0 Å². The Labute approximate surface area is 91.7 Å². The molecule has 1 saturated heterocycles. The molecule has 1 aromatic rings. The molecule has 2 atom stereocenters. The first kappa shape index (κ1) is 10.1. The minimum atomic E-state index is -4.24. The fourth-order valence-corrected chi connectivity index (χ4v) is 2.92. The lowest BCUT2D eigenvalue weighted by molar-refractivity contribution is -0.138. The zero-order chi connectivity index (χ0) is 11.4. The van der Waals surface area contributed by atoms with E-state index in [4.69, 9.17) is 0 Å². The molecule has 2 aliphatic rings. The molecule has 1 aliphatic carbocycles. The number of fused-ring (bicyclic) bond motifs is 1. The Balaban J connectivity index is 2.08. The summed E-state index contributed by atoms with van der Waals surface area (Å²) in [5, 5.41) is 3.17. The maximum absolute atomic E-state index is 12.9. The van der Waals surface area contributed by atoms with Gasteiger partial charge >= 0.3 is 6.18 Å². The molecule has 1 aliphatic heterocycles. The van der Waals surface area contributed by atoms with Gasteiger partial charge in [-0.25, -0.2) is 0 Å². The van der Waals surface area contributed by atoms with Gasteiger partial charge in [-0.15, -0.1) is 0 Å². The third-order valence-electron chi connectivity index (χ3n) is 3.83. The van der Waals surface area contributed by atoms with Gasteiger partial charge in [-0.05, 0) is 30.5 Å². The van der Waals surface area contributed by atoms with Crippen LogP contribution in [-0.4, -0.2) is 13.1 Å². The lowest BCUT2D eigenvalue weighted by atomic mass is 9.90. The number of alkyl halides is 3. The average molecular weight is 227 g/mol. The summed E-state index contributed by atoms with van der Waals surface area (Å²) in [7, 11) is 0. The van der Waals surface area contributed by atoms with E-state index in [1.54, 1.807) is 12.1 Å². The maximum Gasteiger partial charge on any atom is 0.416 e. The van der Waals surface area contributed by atoms with Gasteiger partial charge in [0, 0.05) is 12.0 Å². The van der Waals surface area contributed by atoms with Crippen molar-refractivity contribution in [3.05, 3.63) is 35.4 Å². The summed E-state index contributed by atoms with van der Waals surface area (Å²) >= 11 is 0. The van der Waals surface area contributed by atoms with Gasteiger partial charge in [0.1, 0.15) is 0 Å². The van der Waals surface area contributed by atoms with Crippen LogP contribution in [0.4, 0.5) is 13.2 Å². The van der Waals surface area contributed by atoms with Crippen molar-refractivity contribution in [1.29, 1.82) is 0 Å². The fourth-order valence-electron chi connectivity index (χ4n) is 2.92. The molecule has 0 spiro atoms. The van der Waals surface area contributed by atoms with Crippen molar-refractivity contribution < 1.29 is 13.2 Å². The van der Waals surface area contributed by atoms with E-state index in [1.807, 2.05) is 0 Å². The molecular formula is C12H12F3N. The second-order valence-corrected chi connectivity index (χ2v) is 4.73. The molecule has 1 heterocycles. The molecule has 1 nitrogen and oxygen atoms in total. The summed E-state index contributed by atoms with van der Waals surface area (Å²) < 4.78 is 38.6. The first-order valence-corrected chi connectivity index (χ1v) is 5.41. The summed E-state index contributed by atoms with van der Waals surface area (Å²) in [6, 6.07) is 5.99. The van der Waals surface area contributed by atoms with Gasteiger partial charge in [0.15, 0.2) is 0 Å². The van der Waals surface area contributed by atoms with Gasteiger partial charge in [0.2, 0.25) is 0 Å². The highest BCUT2D eigenvalue weighted by Gasteiger charge is 2.60. The first-order valence-electron chi connectivity index (χ1n) is 5.41. The van der Waals surface area contributed by atoms with Crippen LogP contribution < -0.4 is 5.32 Å². The molecule has 1 saturated carbocycles. The zero-order valence-electron chi connectivity index (χ0n) is 8.64. The lowest BCUT2D eigenvalue weighted by Crippen LogP contribution is -2.22. The molecule has 16 heavy (non-hydrogen) atoms. The molecule has 4 heteroatoms. The Morgan fingerprint density at radius 1 is 1.25 bits per heavy atom. The molecule has 86 valence electrons. The van der Waals surface area contributed by atoms with Crippen LogP contribution in [0.3, 0.4) is 0 Å². The molecule has 1 aromatic carbocycles. The molecule has 0 radical (unpaired) electrons. The van der Waals surface area contributed by atoms with E-state index in [9.17, 15) is 13.2 Å². The number of nitrogens with one attached hydrogen (secondary N) is 1. The molecule has 2 fully saturated rings. The first-order chi connectivity index (χ1) is 7.54. The van der Waals surface area contributed by atoms with Gasteiger partial charge in [0.05, 0.1) is 5.56 Å². The van der Waals surface area contributed by atoms with Crippen molar-refractivity contribution in [2.24, 2.45) is 5.92 Å². The Hall–Kier alpha value is -1.03. The molecule has 0 aromatic heterocycles. The number of halogens is 3. The van der Waals surface area contributed by atoms with Crippen LogP contribution in [0.15, 0.2) is 24.3 Å². The SMILES string of the molecule is FC(F)(F)c1ccccc1C12CNC[C@H]1C2. The highest BCUT2D eigenvalue weighted by molar-refractivity contribution is 5.43. The summed E-state index contributed by atoms with van der Waals surface area (Å²) in [4.78, 5) is 0. The van der Waals surface area contributed by atoms with Crippen molar-refractivity contribution >= 4 is 0 Å². The molecule has 0 amide bonds. The van der Waals surface area contributed by atoms with Crippen molar-refractivity contribution in [2.75, 3.05) is 13.1 Å². The van der Waals surface area contributed by atoms with Gasteiger partial charge in [-0.2, -0.15) is 13.2 Å². The van der Waals surface area contributed by atoms with Crippen LogP contribution in [0.5, 0.6) is 0 Å². The van der Waals surface area contributed by atoms with E-state index in [0.29, 0.717) is 18.0 Å². The van der Waals surface area contributed by atoms with E-state index < -0.39 is 11.7 Å². The number of piperidine rings is 1. The van der Waals surface area contributed by atoms with Gasteiger partial charge in [-0.1, -0.05) is 18.2 Å². The predicted molar refractivity (Wildman–Crippen MR) is 54.1 cm³/mol. The topological polar surface area (TPSA) is 12.0 Å². The van der Waals surface area contributed by atoms with Crippen LogP contribution in [0, 0.1) is 5.92 Å². The monoisotopic (exact) mass is 227 g/mol. The minimum absolute atomic E-state index is 0.230. The van der Waals surface area contributed by atoms with Crippen LogP contribution in [0.25, 0.3) is 0 Å². The average Bonchev–Trinajstić information content (AvgIpc) is 2.81. The normalized spacial score (nSPS) is 32.6. The molecule has 0 bridgehead atoms. The van der Waals surface area contributed by atoms with E-state index in [2.05, 4.69) is 5.32 Å². The zero-order valence-corrected chi connectivity index (χ0v) is 8.64. The van der Waals surface area contributed by atoms with Crippen molar-refractivity contribution in [2.45, 2.75) is 18.0 Å². The number of hydrogen-bond acceptors (Lipinski definition) is 1. The van der Waals surface area contributed by atoms with E-state index in [-0.39, 0.29) is 5.41 Å². The molecule has 1 unspecified atom stereocenters. The Morgan fingerprint density at radius 3 is 2.56 bits per heavy atom. The van der Waals surface area contributed by atoms with Gasteiger partial charge in [-0.3, -0.25) is 0 Å². The third kappa shape index (κ3) is 1.29. The summed E-state index contributed by atoms with van der Waals surface area (Å²) in [6.07, 6.45) is -3.34. The standard InChI is InChI=1S/C12H12F3N/c13-12(14,15)10-4-2-1-3-9(10)11-5-8(11)6-16-7-11/h1-4,8,16H,5-7H2/t8-,11?/m1/s1. The van der Waals surface area contributed by atoms with Crippen molar-refractivity contribution in [3.8, 4) is 0 Å². The lowest BCUT2D eigenvalue weighted by Gasteiger charge is -2.19. The van der Waals surface area contributed by atoms with E-state index in [1.165, 1.54) is 12.1 Å². The van der Waals surface area contributed by atoms with Crippen LogP contribution in [0.2, 0.25) is 0 Å². The molecule has 3 rings (SSSR count). The van der Waals surface area contributed by atoms with Crippen LogP contribution in [0.1, 0.15) is 17.5 Å². The summed E-state index contributed by atoms with van der Waals surface area (Å²) in [6.45, 7) is 1.54. The molecule has 1 N–H and O–H groups in total. The molecular weight excluding hydrogens is 215 g/mol. The highest BCUT2D eigenvalue weighted by atomic mass is 19.4. The number of benzene rings is 1. The van der Waals surface area contributed by atoms with E-state index in [0.717, 1.165) is 13.0 Å². The van der Waals surface area contributed by atoms with Crippen LogP contribution in [-0.2, 0) is 11.6 Å². The summed E-state index contributed by atoms with van der Waals surface area (Å²) in [5.41, 5.74) is -0.203. The third-order valence-corrected chi connectivity index (χ3v) is 3.83. The van der Waals surface area contributed by atoms with Crippen molar-refractivity contribution in [1.82, 2.24) is 5.32 Å². The highest BCUT2D eigenvalue weighted by Crippen LogP contribution is 2.58. The number of rotatable bonds is 1. The smallest absolute Gasteiger partial charge is 0.316 e. The second kappa shape index (κ2) is 3.00. The Morgan fingerprint density at radius 2 is 2.00 bits per heavy atom. The van der Waals surface area contributed by atoms with E-state index >= 15 is 0 Å².